The molecule has 0 spiro atoms. The summed E-state index contributed by atoms with van der Waals surface area (Å²) < 4.78 is 0. The molecule has 90 valence electrons. The van der Waals surface area contributed by atoms with Crippen LogP contribution in [0.25, 0.3) is 0 Å². The first-order valence-electron chi connectivity index (χ1n) is 6.69. The van der Waals surface area contributed by atoms with E-state index in [0.29, 0.717) is 29.5 Å². The van der Waals surface area contributed by atoms with Gasteiger partial charge in [0.1, 0.15) is 5.78 Å². The summed E-state index contributed by atoms with van der Waals surface area (Å²) in [4.78, 5) is 11.8. The molecule has 0 N–H and O–H groups in total. The minimum atomic E-state index is 0.348. The van der Waals surface area contributed by atoms with Crippen LogP contribution in [0.5, 0.6) is 0 Å². The molecule has 4 atom stereocenters. The van der Waals surface area contributed by atoms with Crippen molar-refractivity contribution in [3.8, 4) is 0 Å². The molecule has 0 aromatic rings. The second kappa shape index (κ2) is 4.35. The number of Topliss-reactive ketones (excluding diaryl/α,β-unsaturated/α-hetero) is 1. The van der Waals surface area contributed by atoms with Crippen LogP contribution in [0, 0.1) is 29.6 Å². The second-order valence-corrected chi connectivity index (χ2v) is 6.07. The lowest BCUT2D eigenvalue weighted by Gasteiger charge is -2.38. The van der Waals surface area contributed by atoms with Crippen molar-refractivity contribution in [3.63, 3.8) is 0 Å². The molecule has 0 heterocycles. The average Bonchev–Trinajstić information content (AvgIpc) is 2.62. The second-order valence-electron chi connectivity index (χ2n) is 6.07. The molecule has 0 aromatic heterocycles. The van der Waals surface area contributed by atoms with Crippen molar-refractivity contribution in [2.24, 2.45) is 29.6 Å². The number of ketones is 1. The molecule has 0 radical (unpaired) electrons. The minimum absolute atomic E-state index is 0.348. The van der Waals surface area contributed by atoms with Crippen molar-refractivity contribution in [3.05, 3.63) is 11.6 Å². The third kappa shape index (κ3) is 1.85. The van der Waals surface area contributed by atoms with Gasteiger partial charge in [-0.2, -0.15) is 0 Å². The molecule has 16 heavy (non-hydrogen) atoms. The van der Waals surface area contributed by atoms with Crippen molar-refractivity contribution in [1.82, 2.24) is 0 Å². The number of carbonyl (C=O) groups is 1. The highest BCUT2D eigenvalue weighted by molar-refractivity contribution is 5.79. The van der Waals surface area contributed by atoms with Gasteiger partial charge in [0.15, 0.2) is 0 Å². The van der Waals surface area contributed by atoms with Crippen molar-refractivity contribution in [2.75, 3.05) is 0 Å². The zero-order valence-electron chi connectivity index (χ0n) is 11.0. The predicted molar refractivity (Wildman–Crippen MR) is 67.1 cm³/mol. The summed E-state index contributed by atoms with van der Waals surface area (Å²) in [6.45, 7) is 8.67. The van der Waals surface area contributed by atoms with E-state index in [2.05, 4.69) is 26.8 Å². The Morgan fingerprint density at radius 2 is 2.06 bits per heavy atom. The number of allylic oxidation sites excluding steroid dienone is 2. The molecule has 0 amide bonds. The number of hydrogen-bond donors (Lipinski definition) is 0. The van der Waals surface area contributed by atoms with Gasteiger partial charge in [-0.1, -0.05) is 25.5 Å². The van der Waals surface area contributed by atoms with E-state index in [1.807, 2.05) is 0 Å². The molecule has 2 rings (SSSR count). The summed E-state index contributed by atoms with van der Waals surface area (Å²) in [6.07, 6.45) is 5.97. The van der Waals surface area contributed by atoms with Gasteiger partial charge in [-0.25, -0.2) is 0 Å². The monoisotopic (exact) mass is 220 g/mol. The van der Waals surface area contributed by atoms with Gasteiger partial charge < -0.3 is 0 Å². The SMILES string of the molecule is CC(=O)C1CCC2C(C)=CCC(C(C)C)C12. The van der Waals surface area contributed by atoms with Gasteiger partial charge in [0.05, 0.1) is 0 Å². The third-order valence-electron chi connectivity index (χ3n) is 4.89. The Bertz CT molecular complexity index is 313. The van der Waals surface area contributed by atoms with Crippen LogP contribution < -0.4 is 0 Å². The lowest BCUT2D eigenvalue weighted by Crippen LogP contribution is -2.33. The van der Waals surface area contributed by atoms with Gasteiger partial charge in [0.2, 0.25) is 0 Å². The smallest absolute Gasteiger partial charge is 0.133 e. The minimum Gasteiger partial charge on any atom is -0.300 e. The maximum Gasteiger partial charge on any atom is 0.133 e. The average molecular weight is 220 g/mol. The molecule has 0 aromatic carbocycles. The van der Waals surface area contributed by atoms with Crippen LogP contribution in [0.2, 0.25) is 0 Å². The molecule has 2 aliphatic carbocycles. The summed E-state index contributed by atoms with van der Waals surface area (Å²) in [5, 5.41) is 0. The molecule has 4 unspecified atom stereocenters. The highest BCUT2D eigenvalue weighted by atomic mass is 16.1. The molecule has 1 fully saturated rings. The number of fused-ring (bicyclic) bond motifs is 1. The fourth-order valence-electron chi connectivity index (χ4n) is 3.97. The van der Waals surface area contributed by atoms with E-state index in [4.69, 9.17) is 0 Å². The van der Waals surface area contributed by atoms with Crippen LogP contribution in [0.1, 0.15) is 47.0 Å². The van der Waals surface area contributed by atoms with E-state index < -0.39 is 0 Å². The van der Waals surface area contributed by atoms with Crippen LogP contribution >= 0.6 is 0 Å². The van der Waals surface area contributed by atoms with Gasteiger partial charge >= 0.3 is 0 Å². The molecule has 1 heteroatoms. The van der Waals surface area contributed by atoms with Gasteiger partial charge in [0.25, 0.3) is 0 Å². The van der Waals surface area contributed by atoms with E-state index in [1.54, 1.807) is 12.5 Å². The molecular formula is C15H24O. The van der Waals surface area contributed by atoms with Crippen molar-refractivity contribution < 1.29 is 4.79 Å². The first-order chi connectivity index (χ1) is 7.52. The molecule has 0 bridgehead atoms. The molecule has 0 aliphatic heterocycles. The van der Waals surface area contributed by atoms with Crippen LogP contribution in [-0.2, 0) is 4.79 Å². The fourth-order valence-corrected chi connectivity index (χ4v) is 3.97. The Morgan fingerprint density at radius 1 is 1.38 bits per heavy atom. The quantitative estimate of drug-likeness (QED) is 0.646. The largest absolute Gasteiger partial charge is 0.300 e. The van der Waals surface area contributed by atoms with Gasteiger partial charge in [0, 0.05) is 5.92 Å². The summed E-state index contributed by atoms with van der Waals surface area (Å²) in [6, 6.07) is 0. The highest BCUT2D eigenvalue weighted by Crippen LogP contribution is 2.51. The molecule has 1 nitrogen and oxygen atoms in total. The van der Waals surface area contributed by atoms with Gasteiger partial charge in [-0.3, -0.25) is 4.79 Å². The highest BCUT2D eigenvalue weighted by Gasteiger charge is 2.45. The first kappa shape index (κ1) is 11.9. The molecule has 1 saturated carbocycles. The first-order valence-corrected chi connectivity index (χ1v) is 6.69. The number of carbonyl (C=O) groups excluding carboxylic acids is 1. The van der Waals surface area contributed by atoms with Gasteiger partial charge in [-0.15, -0.1) is 0 Å². The fraction of sp³-hybridized carbons (Fsp3) is 0.800. The van der Waals surface area contributed by atoms with Crippen LogP contribution in [0.15, 0.2) is 11.6 Å². The number of hydrogen-bond acceptors (Lipinski definition) is 1. The van der Waals surface area contributed by atoms with Crippen molar-refractivity contribution in [2.45, 2.75) is 47.0 Å². The Labute approximate surface area is 99.3 Å². The molecular weight excluding hydrogens is 196 g/mol. The van der Waals surface area contributed by atoms with Crippen LogP contribution in [0.4, 0.5) is 0 Å². The maximum absolute atomic E-state index is 11.8. The van der Waals surface area contributed by atoms with Crippen molar-refractivity contribution in [1.29, 1.82) is 0 Å². The van der Waals surface area contributed by atoms with E-state index in [-0.39, 0.29) is 0 Å². The van der Waals surface area contributed by atoms with Crippen molar-refractivity contribution >= 4 is 5.78 Å². The topological polar surface area (TPSA) is 17.1 Å². The lowest BCUT2D eigenvalue weighted by molar-refractivity contribution is -0.122. The Kier molecular flexibility index (Phi) is 3.23. The third-order valence-corrected chi connectivity index (χ3v) is 4.89. The number of rotatable bonds is 2. The van der Waals surface area contributed by atoms with E-state index in [0.717, 1.165) is 12.3 Å². The van der Waals surface area contributed by atoms with E-state index in [9.17, 15) is 4.79 Å². The lowest BCUT2D eigenvalue weighted by atomic mass is 9.66. The zero-order valence-corrected chi connectivity index (χ0v) is 11.0. The molecule has 0 saturated heterocycles. The predicted octanol–water partition coefficient (Wildman–Crippen LogP) is 3.84. The maximum atomic E-state index is 11.8. The summed E-state index contributed by atoms with van der Waals surface area (Å²) >= 11 is 0. The normalized spacial score (nSPS) is 38.4. The van der Waals surface area contributed by atoms with Gasteiger partial charge in [-0.05, 0) is 56.8 Å². The Morgan fingerprint density at radius 3 is 2.62 bits per heavy atom. The zero-order chi connectivity index (χ0) is 11.9. The summed E-state index contributed by atoms with van der Waals surface area (Å²) in [5.41, 5.74) is 1.55. The Balaban J connectivity index is 2.28. The van der Waals surface area contributed by atoms with E-state index in [1.165, 1.54) is 12.8 Å². The van der Waals surface area contributed by atoms with E-state index >= 15 is 0 Å². The molecule has 2 aliphatic rings. The summed E-state index contributed by atoms with van der Waals surface area (Å²) in [7, 11) is 0. The Hall–Kier alpha value is -0.590. The summed E-state index contributed by atoms with van der Waals surface area (Å²) in [5.74, 6) is 3.55. The standard InChI is InChI=1S/C15H24O/c1-9(2)12-6-5-10(3)13-7-8-14(11(4)16)15(12)13/h5,9,12-15H,6-8H2,1-4H3. The van der Waals surface area contributed by atoms with Crippen LogP contribution in [-0.4, -0.2) is 5.78 Å². The van der Waals surface area contributed by atoms with Crippen LogP contribution in [0.3, 0.4) is 0 Å².